The van der Waals surface area contributed by atoms with Crippen molar-refractivity contribution in [3.63, 3.8) is 0 Å². The van der Waals surface area contributed by atoms with E-state index in [0.717, 1.165) is 11.8 Å². The van der Waals surface area contributed by atoms with Crippen LogP contribution >= 0.6 is 47.2 Å². The Balaban J connectivity index is 1.89. The number of carbonyl (C=O) groups excluding carboxylic acids is 2. The molecule has 0 radical (unpaired) electrons. The van der Waals surface area contributed by atoms with E-state index in [9.17, 15) is 9.59 Å². The topological polar surface area (TPSA) is 55.4 Å². The SMILES string of the molecule is O=C1NC(=S)SC1=Cc1ccccc1OC(=O)c1ccc(Cl)cc1Cl. The molecule has 4 nitrogen and oxygen atoms in total. The fourth-order valence-corrected chi connectivity index (χ4v) is 3.59. The lowest BCUT2D eigenvalue weighted by molar-refractivity contribution is -0.115. The number of hydrogen-bond acceptors (Lipinski definition) is 5. The Kier molecular flexibility index (Phi) is 5.44. The van der Waals surface area contributed by atoms with Crippen LogP contribution in [0, 0.1) is 0 Å². The third-order valence-electron chi connectivity index (χ3n) is 3.20. The first-order chi connectivity index (χ1) is 11.9. The monoisotopic (exact) mass is 409 g/mol. The van der Waals surface area contributed by atoms with Crippen molar-refractivity contribution < 1.29 is 14.3 Å². The van der Waals surface area contributed by atoms with Crippen LogP contribution in [0.5, 0.6) is 5.75 Å². The summed E-state index contributed by atoms with van der Waals surface area (Å²) in [6, 6.07) is 11.4. The lowest BCUT2D eigenvalue weighted by Gasteiger charge is -2.09. The Morgan fingerprint density at radius 2 is 1.96 bits per heavy atom. The van der Waals surface area contributed by atoms with Crippen LogP contribution in [0.1, 0.15) is 15.9 Å². The molecule has 0 spiro atoms. The molecule has 0 bridgehead atoms. The average molecular weight is 410 g/mol. The van der Waals surface area contributed by atoms with E-state index in [1.54, 1.807) is 36.4 Å². The van der Waals surface area contributed by atoms with Gasteiger partial charge in [-0.1, -0.05) is 65.4 Å². The maximum absolute atomic E-state index is 12.4. The van der Waals surface area contributed by atoms with Crippen molar-refractivity contribution in [3.05, 3.63) is 68.5 Å². The lowest BCUT2D eigenvalue weighted by atomic mass is 10.1. The van der Waals surface area contributed by atoms with E-state index in [2.05, 4.69) is 5.32 Å². The summed E-state index contributed by atoms with van der Waals surface area (Å²) in [6.07, 6.45) is 1.62. The summed E-state index contributed by atoms with van der Waals surface area (Å²) < 4.78 is 5.83. The number of benzene rings is 2. The Morgan fingerprint density at radius 3 is 2.64 bits per heavy atom. The van der Waals surface area contributed by atoms with Gasteiger partial charge in [-0.15, -0.1) is 0 Å². The van der Waals surface area contributed by atoms with Gasteiger partial charge in [0.1, 0.15) is 10.1 Å². The maximum Gasteiger partial charge on any atom is 0.345 e. The first-order valence-corrected chi connectivity index (χ1v) is 8.93. The van der Waals surface area contributed by atoms with Gasteiger partial charge in [0.2, 0.25) is 0 Å². The van der Waals surface area contributed by atoms with Crippen molar-refractivity contribution in [3.8, 4) is 5.75 Å². The van der Waals surface area contributed by atoms with Crippen molar-refractivity contribution in [2.75, 3.05) is 0 Å². The molecule has 0 atom stereocenters. The average Bonchev–Trinajstić information content (AvgIpc) is 2.86. The van der Waals surface area contributed by atoms with Crippen molar-refractivity contribution in [2.24, 2.45) is 0 Å². The molecule has 0 saturated carbocycles. The van der Waals surface area contributed by atoms with Crippen LogP contribution in [0.25, 0.3) is 6.08 Å². The summed E-state index contributed by atoms with van der Waals surface area (Å²) in [7, 11) is 0. The van der Waals surface area contributed by atoms with Crippen LogP contribution in [0.4, 0.5) is 0 Å². The summed E-state index contributed by atoms with van der Waals surface area (Å²) in [5.74, 6) is -0.597. The summed E-state index contributed by atoms with van der Waals surface area (Å²) in [6.45, 7) is 0. The molecule has 2 aromatic carbocycles. The second kappa shape index (κ2) is 7.58. The van der Waals surface area contributed by atoms with Gasteiger partial charge >= 0.3 is 5.97 Å². The molecule has 0 unspecified atom stereocenters. The van der Waals surface area contributed by atoms with Crippen LogP contribution in [0.15, 0.2) is 47.4 Å². The molecule has 1 amide bonds. The van der Waals surface area contributed by atoms with Gasteiger partial charge in [0.15, 0.2) is 0 Å². The van der Waals surface area contributed by atoms with Gasteiger partial charge in [-0.05, 0) is 30.3 Å². The fraction of sp³-hybridized carbons (Fsp3) is 0. The van der Waals surface area contributed by atoms with Gasteiger partial charge < -0.3 is 10.1 Å². The molecule has 1 N–H and O–H groups in total. The third kappa shape index (κ3) is 4.22. The highest BCUT2D eigenvalue weighted by molar-refractivity contribution is 8.26. The van der Waals surface area contributed by atoms with E-state index in [1.165, 1.54) is 12.1 Å². The van der Waals surface area contributed by atoms with Crippen LogP contribution < -0.4 is 10.1 Å². The number of esters is 1. The molecule has 8 heteroatoms. The van der Waals surface area contributed by atoms with E-state index < -0.39 is 5.97 Å². The largest absolute Gasteiger partial charge is 0.422 e. The number of thiocarbonyl (C=S) groups is 1. The number of halogens is 2. The number of carbonyl (C=O) groups is 2. The Morgan fingerprint density at radius 1 is 1.20 bits per heavy atom. The van der Waals surface area contributed by atoms with Gasteiger partial charge in [0.25, 0.3) is 5.91 Å². The normalized spacial score (nSPS) is 15.4. The predicted octanol–water partition coefficient (Wildman–Crippen LogP) is 4.70. The van der Waals surface area contributed by atoms with Gasteiger partial charge in [-0.3, -0.25) is 4.79 Å². The molecule has 3 rings (SSSR count). The number of ether oxygens (including phenoxy) is 1. The summed E-state index contributed by atoms with van der Waals surface area (Å²) in [5.41, 5.74) is 0.769. The van der Waals surface area contributed by atoms with Crippen molar-refractivity contribution in [2.45, 2.75) is 0 Å². The van der Waals surface area contributed by atoms with Gasteiger partial charge in [0.05, 0.1) is 15.5 Å². The number of para-hydroxylation sites is 1. The van der Waals surface area contributed by atoms with E-state index in [0.29, 0.717) is 25.6 Å². The van der Waals surface area contributed by atoms with Crippen molar-refractivity contribution >= 4 is 69.5 Å². The zero-order valence-electron chi connectivity index (χ0n) is 12.4. The molecular weight excluding hydrogens is 401 g/mol. The van der Waals surface area contributed by atoms with Gasteiger partial charge in [-0.25, -0.2) is 4.79 Å². The minimum Gasteiger partial charge on any atom is -0.422 e. The van der Waals surface area contributed by atoms with Crippen LogP contribution in [-0.2, 0) is 4.79 Å². The molecule has 1 fully saturated rings. The number of hydrogen-bond donors (Lipinski definition) is 1. The van der Waals surface area contributed by atoms with Crippen molar-refractivity contribution in [1.29, 1.82) is 0 Å². The highest BCUT2D eigenvalue weighted by atomic mass is 35.5. The van der Waals surface area contributed by atoms with E-state index in [1.807, 2.05) is 0 Å². The van der Waals surface area contributed by atoms with E-state index >= 15 is 0 Å². The van der Waals surface area contributed by atoms with Gasteiger partial charge in [-0.2, -0.15) is 0 Å². The molecule has 126 valence electrons. The highest BCUT2D eigenvalue weighted by Crippen LogP contribution is 2.30. The maximum atomic E-state index is 12.4. The number of nitrogens with one attached hydrogen (secondary N) is 1. The Hall–Kier alpha value is -1.86. The van der Waals surface area contributed by atoms with Crippen LogP contribution in [0.3, 0.4) is 0 Å². The van der Waals surface area contributed by atoms with Gasteiger partial charge in [0, 0.05) is 10.6 Å². The minimum absolute atomic E-state index is 0.197. The molecule has 1 aliphatic heterocycles. The molecular formula is C17H9Cl2NO3S2. The molecule has 2 aromatic rings. The quantitative estimate of drug-likeness (QED) is 0.344. The molecule has 25 heavy (non-hydrogen) atoms. The smallest absolute Gasteiger partial charge is 0.345 e. The minimum atomic E-state index is -0.619. The van der Waals surface area contributed by atoms with Crippen LogP contribution in [0.2, 0.25) is 10.0 Å². The van der Waals surface area contributed by atoms with E-state index in [4.69, 9.17) is 40.2 Å². The second-order valence-electron chi connectivity index (χ2n) is 4.90. The zero-order valence-corrected chi connectivity index (χ0v) is 15.6. The summed E-state index contributed by atoms with van der Waals surface area (Å²) in [4.78, 5) is 24.6. The zero-order chi connectivity index (χ0) is 18.0. The third-order valence-corrected chi connectivity index (χ3v) is 4.91. The summed E-state index contributed by atoms with van der Waals surface area (Å²) in [5, 5.41) is 3.16. The number of amides is 1. The number of thioether (sulfide) groups is 1. The molecule has 1 saturated heterocycles. The summed E-state index contributed by atoms with van der Waals surface area (Å²) >= 11 is 18.0. The first kappa shape index (κ1) is 17.9. The van der Waals surface area contributed by atoms with Crippen molar-refractivity contribution in [1.82, 2.24) is 5.32 Å². The fourth-order valence-electron chi connectivity index (χ4n) is 2.06. The molecule has 1 heterocycles. The molecule has 0 aromatic heterocycles. The Labute approximate surface area is 163 Å². The number of rotatable bonds is 3. The Bertz CT molecular complexity index is 928. The highest BCUT2D eigenvalue weighted by Gasteiger charge is 2.23. The standard InChI is InChI=1S/C17H9Cl2NO3S2/c18-10-5-6-11(12(19)8-10)16(22)23-13-4-2-1-3-9(13)7-14-15(21)20-17(24)25-14/h1-8H,(H,20,21,24). The predicted molar refractivity (Wildman–Crippen MR) is 104 cm³/mol. The van der Waals surface area contributed by atoms with E-state index in [-0.39, 0.29) is 16.5 Å². The molecule has 0 aliphatic carbocycles. The second-order valence-corrected chi connectivity index (χ2v) is 7.47. The van der Waals surface area contributed by atoms with Crippen LogP contribution in [-0.4, -0.2) is 16.2 Å². The molecule has 1 aliphatic rings. The first-order valence-electron chi connectivity index (χ1n) is 6.95. The lowest BCUT2D eigenvalue weighted by Crippen LogP contribution is -2.17.